The van der Waals surface area contributed by atoms with E-state index in [4.69, 9.17) is 10.5 Å². The number of likely N-dealkylation sites (N-methyl/N-ethyl adjacent to an activating group) is 1. The molecule has 1 amide bonds. The molecule has 208 valence electrons. The molecule has 12 nitrogen and oxygen atoms in total. The molecule has 4 rings (SSSR count). The van der Waals surface area contributed by atoms with Crippen LogP contribution in [0.2, 0.25) is 0 Å². The molecule has 0 aliphatic heterocycles. The molecule has 39 heavy (non-hydrogen) atoms. The molecule has 12 heteroatoms. The van der Waals surface area contributed by atoms with Gasteiger partial charge in [0.25, 0.3) is 0 Å². The highest BCUT2D eigenvalue weighted by atomic mass is 16.5. The normalized spacial score (nSPS) is 34.1. The third kappa shape index (κ3) is 3.93. The summed E-state index contributed by atoms with van der Waals surface area (Å²) in [6, 6.07) is 1.53. The summed E-state index contributed by atoms with van der Waals surface area (Å²) in [5.74, 6) is -14.7. The maximum Gasteiger partial charge on any atom is 0.330 e. The summed E-state index contributed by atoms with van der Waals surface area (Å²) in [4.78, 5) is 79.3. The summed E-state index contributed by atoms with van der Waals surface area (Å²) in [7, 11) is 2.85. The number of aromatic hydroxyl groups is 1. The Labute approximate surface area is 223 Å². The Morgan fingerprint density at radius 3 is 2.36 bits per heavy atom. The monoisotopic (exact) mass is 542 g/mol. The molecule has 5 N–H and O–H groups in total. The van der Waals surface area contributed by atoms with E-state index in [0.717, 1.165) is 6.08 Å². The Morgan fingerprint density at radius 2 is 1.79 bits per heavy atom. The van der Waals surface area contributed by atoms with Crippen LogP contribution in [0, 0.1) is 23.7 Å². The van der Waals surface area contributed by atoms with Crippen LogP contribution in [0.3, 0.4) is 0 Å². The maximum absolute atomic E-state index is 13.9. The van der Waals surface area contributed by atoms with Gasteiger partial charge in [-0.25, -0.2) is 4.79 Å². The first-order valence-electron chi connectivity index (χ1n) is 12.4. The number of nitrogens with zero attached hydrogens (tertiary/aromatic N) is 1. The van der Waals surface area contributed by atoms with Crippen molar-refractivity contribution in [2.24, 2.45) is 29.4 Å². The number of phenols is 1. The molecule has 0 bridgehead atoms. The standard InChI is InChI=1S/C27H30N2O10/c1-5-39-13(30)9-7-11-6-8-12-10(2)14-16(21(32)15(12)20(11)31)24(35)27(38)18(22(14)33)19(29(3)4)23(34)17(25(27)36)26(28)37/h6-10,14,16-19,22,31,33,38H,5H2,1-4H3,(H2,28,37)/t10-,14+,16?,17?,18+,19-,22-,27-/m0/s1. The zero-order chi connectivity index (χ0) is 29.1. The first-order chi connectivity index (χ1) is 18.2. The van der Waals surface area contributed by atoms with Gasteiger partial charge in [0.2, 0.25) is 5.91 Å². The number of nitrogens with two attached hydrogens (primary N) is 1. The number of aliphatic hydroxyl groups excluding tert-OH is 1. The van der Waals surface area contributed by atoms with E-state index >= 15 is 0 Å². The average Bonchev–Trinajstić information content (AvgIpc) is 2.85. The number of carbonyl (C=O) groups is 6. The van der Waals surface area contributed by atoms with Gasteiger partial charge in [-0.15, -0.1) is 0 Å². The predicted octanol–water partition coefficient (Wildman–Crippen LogP) is -1.02. The molecule has 0 spiro atoms. The fourth-order valence-corrected chi connectivity index (χ4v) is 6.49. The van der Waals surface area contributed by atoms with Gasteiger partial charge in [0, 0.05) is 17.6 Å². The van der Waals surface area contributed by atoms with Crippen LogP contribution >= 0.6 is 0 Å². The lowest BCUT2D eigenvalue weighted by Crippen LogP contribution is -2.77. The van der Waals surface area contributed by atoms with Crippen molar-refractivity contribution < 1.29 is 48.8 Å². The number of aliphatic hydroxyl groups is 2. The Hall–Kier alpha value is -3.74. The van der Waals surface area contributed by atoms with E-state index in [1.807, 2.05) is 0 Å². The molecule has 3 aliphatic rings. The van der Waals surface area contributed by atoms with Crippen LogP contribution in [0.15, 0.2) is 18.2 Å². The first-order valence-corrected chi connectivity index (χ1v) is 12.4. The first kappa shape index (κ1) is 28.3. The summed E-state index contributed by atoms with van der Waals surface area (Å²) in [5.41, 5.74) is 2.35. The molecule has 2 saturated carbocycles. The Morgan fingerprint density at radius 1 is 1.15 bits per heavy atom. The highest BCUT2D eigenvalue weighted by Crippen LogP contribution is 2.54. The Balaban J connectivity index is 1.88. The van der Waals surface area contributed by atoms with E-state index in [9.17, 15) is 44.1 Å². The molecule has 3 aliphatic carbocycles. The number of Topliss-reactive ketones (excluding diaryl/α,β-unsaturated/α-hetero) is 4. The van der Waals surface area contributed by atoms with Crippen molar-refractivity contribution >= 4 is 41.1 Å². The molecule has 2 fully saturated rings. The average molecular weight is 543 g/mol. The lowest BCUT2D eigenvalue weighted by Gasteiger charge is -2.56. The number of primary amides is 1. The van der Waals surface area contributed by atoms with Crippen molar-refractivity contribution in [3.05, 3.63) is 34.9 Å². The molecular formula is C27H30N2O10. The number of esters is 1. The molecule has 1 aromatic carbocycles. The number of fused-ring (bicyclic) bond motifs is 3. The SMILES string of the molecule is CCOC(=O)C=Cc1ccc2c(c1O)C(=O)C1C(=O)[C@]3(O)C(=O)C(C(N)=O)C(=O)[C@@H](N(C)C)[C@@H]3[C@@H](O)[C@@H]1[C@H]2C. The number of carbonyl (C=O) groups excluding carboxylic acids is 6. The molecule has 0 saturated heterocycles. The van der Waals surface area contributed by atoms with Gasteiger partial charge in [-0.05, 0) is 38.6 Å². The number of phenolic OH excluding ortho intramolecular Hbond substituents is 1. The van der Waals surface area contributed by atoms with Crippen LogP contribution in [0.4, 0.5) is 0 Å². The highest BCUT2D eigenvalue weighted by Gasteiger charge is 2.72. The van der Waals surface area contributed by atoms with Crippen LogP contribution < -0.4 is 5.73 Å². The number of ether oxygens (including phenoxy) is 1. The van der Waals surface area contributed by atoms with E-state index in [-0.39, 0.29) is 17.7 Å². The largest absolute Gasteiger partial charge is 0.507 e. The van der Waals surface area contributed by atoms with Crippen molar-refractivity contribution in [1.82, 2.24) is 4.90 Å². The lowest BCUT2D eigenvalue weighted by molar-refractivity contribution is -0.196. The minimum atomic E-state index is -3.06. The van der Waals surface area contributed by atoms with Gasteiger partial charge in [0.15, 0.2) is 34.7 Å². The van der Waals surface area contributed by atoms with E-state index < -0.39 is 88.1 Å². The number of ketones is 4. The van der Waals surface area contributed by atoms with Crippen molar-refractivity contribution in [3.8, 4) is 5.75 Å². The molecule has 2 unspecified atom stereocenters. The summed E-state index contributed by atoms with van der Waals surface area (Å²) < 4.78 is 4.81. The minimum absolute atomic E-state index is 0.0713. The Kier molecular flexibility index (Phi) is 7.09. The second-order valence-corrected chi connectivity index (χ2v) is 10.4. The van der Waals surface area contributed by atoms with Gasteiger partial charge in [-0.3, -0.25) is 28.9 Å². The lowest BCUT2D eigenvalue weighted by atomic mass is 9.49. The molecule has 0 aromatic heterocycles. The molecular weight excluding hydrogens is 512 g/mol. The molecule has 1 aromatic rings. The zero-order valence-electron chi connectivity index (χ0n) is 21.8. The van der Waals surface area contributed by atoms with E-state index in [1.54, 1.807) is 13.8 Å². The fraction of sp³-hybridized carbons (Fsp3) is 0.481. The van der Waals surface area contributed by atoms with E-state index in [1.165, 1.54) is 37.2 Å². The quantitative estimate of drug-likeness (QED) is 0.201. The van der Waals surface area contributed by atoms with Crippen LogP contribution in [0.1, 0.15) is 41.3 Å². The molecule has 0 heterocycles. The van der Waals surface area contributed by atoms with Crippen molar-refractivity contribution in [1.29, 1.82) is 0 Å². The zero-order valence-corrected chi connectivity index (χ0v) is 21.8. The van der Waals surface area contributed by atoms with Crippen molar-refractivity contribution in [2.45, 2.75) is 37.5 Å². The fourth-order valence-electron chi connectivity index (χ4n) is 6.49. The molecule has 8 atom stereocenters. The number of hydrogen-bond acceptors (Lipinski definition) is 11. The van der Waals surface area contributed by atoms with Gasteiger partial charge < -0.3 is 25.8 Å². The van der Waals surface area contributed by atoms with Crippen LogP contribution in [-0.4, -0.2) is 93.7 Å². The van der Waals surface area contributed by atoms with Gasteiger partial charge in [-0.1, -0.05) is 19.1 Å². The van der Waals surface area contributed by atoms with Crippen LogP contribution in [0.5, 0.6) is 5.75 Å². The summed E-state index contributed by atoms with van der Waals surface area (Å²) >= 11 is 0. The van der Waals surface area contributed by atoms with Crippen molar-refractivity contribution in [3.63, 3.8) is 0 Å². The summed E-state index contributed by atoms with van der Waals surface area (Å²) in [6.07, 6.45) is 0.578. The molecule has 0 radical (unpaired) electrons. The van der Waals surface area contributed by atoms with Crippen LogP contribution in [-0.2, 0) is 28.7 Å². The Bertz CT molecular complexity index is 1330. The number of hydrogen-bond donors (Lipinski definition) is 4. The maximum atomic E-state index is 13.9. The number of benzene rings is 1. The van der Waals surface area contributed by atoms with Gasteiger partial charge >= 0.3 is 5.97 Å². The summed E-state index contributed by atoms with van der Waals surface area (Å²) in [5, 5.41) is 34.2. The van der Waals surface area contributed by atoms with Crippen LogP contribution in [0.25, 0.3) is 6.08 Å². The predicted molar refractivity (Wildman–Crippen MR) is 133 cm³/mol. The van der Waals surface area contributed by atoms with Gasteiger partial charge in [0.1, 0.15) is 5.75 Å². The highest BCUT2D eigenvalue weighted by molar-refractivity contribution is 6.32. The topological polar surface area (TPSA) is 202 Å². The van der Waals surface area contributed by atoms with E-state index in [0.29, 0.717) is 5.56 Å². The summed E-state index contributed by atoms with van der Waals surface area (Å²) in [6.45, 7) is 3.36. The van der Waals surface area contributed by atoms with Crippen molar-refractivity contribution in [2.75, 3.05) is 20.7 Å². The second kappa shape index (κ2) is 9.78. The number of rotatable bonds is 5. The van der Waals surface area contributed by atoms with Gasteiger partial charge in [-0.2, -0.15) is 0 Å². The van der Waals surface area contributed by atoms with E-state index in [2.05, 4.69) is 0 Å². The minimum Gasteiger partial charge on any atom is -0.507 e. The third-order valence-corrected chi connectivity index (χ3v) is 8.21. The second-order valence-electron chi connectivity index (χ2n) is 10.4. The third-order valence-electron chi connectivity index (χ3n) is 8.21. The number of amides is 1. The van der Waals surface area contributed by atoms with Gasteiger partial charge in [0.05, 0.1) is 36.2 Å². The smallest absolute Gasteiger partial charge is 0.330 e.